The second-order valence-corrected chi connectivity index (χ2v) is 5.36. The molecule has 1 atom stereocenters. The first kappa shape index (κ1) is 15.3. The quantitative estimate of drug-likeness (QED) is 0.815. The first-order chi connectivity index (χ1) is 10.2. The molecule has 0 fully saturated rings. The maximum Gasteiger partial charge on any atom is 0.134 e. The topological polar surface area (TPSA) is 49.8 Å². The summed E-state index contributed by atoms with van der Waals surface area (Å²) in [6.07, 6.45) is 3.67. The molecule has 2 rings (SSSR count). The van der Waals surface area contributed by atoms with Crippen molar-refractivity contribution in [3.63, 3.8) is 0 Å². The van der Waals surface area contributed by atoms with E-state index in [0.29, 0.717) is 6.04 Å². The molecule has 1 aromatic heterocycles. The van der Waals surface area contributed by atoms with E-state index in [1.165, 1.54) is 5.56 Å². The van der Waals surface area contributed by atoms with E-state index in [1.807, 2.05) is 6.07 Å². The Labute approximate surface area is 127 Å². The van der Waals surface area contributed by atoms with Crippen molar-refractivity contribution in [3.8, 4) is 0 Å². The van der Waals surface area contributed by atoms with Gasteiger partial charge in [0.25, 0.3) is 0 Å². The summed E-state index contributed by atoms with van der Waals surface area (Å²) in [4.78, 5) is 8.67. The highest BCUT2D eigenvalue weighted by atomic mass is 15.1. The Morgan fingerprint density at radius 2 is 1.81 bits per heavy atom. The SMILES string of the molecule is CCCNc1ncnc(NC(C)Cc2ccccc2)c1C. The number of hydrogen-bond donors (Lipinski definition) is 2. The Bertz CT molecular complexity index is 554. The Hall–Kier alpha value is -2.10. The molecule has 21 heavy (non-hydrogen) atoms. The van der Waals surface area contributed by atoms with Crippen LogP contribution in [0.25, 0.3) is 0 Å². The Balaban J connectivity index is 2.02. The molecule has 2 N–H and O–H groups in total. The highest BCUT2D eigenvalue weighted by Crippen LogP contribution is 2.19. The van der Waals surface area contributed by atoms with Crippen LogP contribution in [0.1, 0.15) is 31.4 Å². The summed E-state index contributed by atoms with van der Waals surface area (Å²) in [5.41, 5.74) is 2.40. The van der Waals surface area contributed by atoms with E-state index in [1.54, 1.807) is 6.33 Å². The van der Waals surface area contributed by atoms with Crippen LogP contribution in [0.2, 0.25) is 0 Å². The van der Waals surface area contributed by atoms with Crippen LogP contribution in [0.5, 0.6) is 0 Å². The number of rotatable bonds is 7. The Kier molecular flexibility index (Phi) is 5.55. The highest BCUT2D eigenvalue weighted by Gasteiger charge is 2.09. The Morgan fingerprint density at radius 1 is 1.10 bits per heavy atom. The maximum atomic E-state index is 4.37. The molecule has 0 radical (unpaired) electrons. The van der Waals surface area contributed by atoms with Gasteiger partial charge < -0.3 is 10.6 Å². The predicted molar refractivity (Wildman–Crippen MR) is 88.8 cm³/mol. The lowest BCUT2D eigenvalue weighted by Crippen LogP contribution is -2.20. The number of anilines is 2. The van der Waals surface area contributed by atoms with Crippen molar-refractivity contribution in [2.75, 3.05) is 17.2 Å². The lowest BCUT2D eigenvalue weighted by atomic mass is 10.1. The molecule has 0 aliphatic carbocycles. The minimum absolute atomic E-state index is 0.319. The van der Waals surface area contributed by atoms with Crippen molar-refractivity contribution < 1.29 is 0 Å². The van der Waals surface area contributed by atoms with E-state index in [0.717, 1.165) is 36.6 Å². The molecule has 0 saturated carbocycles. The van der Waals surface area contributed by atoms with Gasteiger partial charge in [0.15, 0.2) is 0 Å². The molecular weight excluding hydrogens is 260 g/mol. The summed E-state index contributed by atoms with van der Waals surface area (Å²) < 4.78 is 0. The van der Waals surface area contributed by atoms with Crippen molar-refractivity contribution in [1.29, 1.82) is 0 Å². The normalized spacial score (nSPS) is 12.0. The van der Waals surface area contributed by atoms with Gasteiger partial charge in [-0.3, -0.25) is 0 Å². The van der Waals surface area contributed by atoms with Crippen LogP contribution in [0.3, 0.4) is 0 Å². The van der Waals surface area contributed by atoms with Crippen molar-refractivity contribution in [2.45, 2.75) is 39.7 Å². The number of aromatic nitrogens is 2. The summed E-state index contributed by atoms with van der Waals surface area (Å²) in [5, 5.41) is 6.82. The van der Waals surface area contributed by atoms with Crippen LogP contribution in [-0.4, -0.2) is 22.6 Å². The molecule has 112 valence electrons. The molecule has 4 nitrogen and oxygen atoms in total. The first-order valence-electron chi connectivity index (χ1n) is 7.56. The van der Waals surface area contributed by atoms with Crippen LogP contribution in [-0.2, 0) is 6.42 Å². The van der Waals surface area contributed by atoms with Gasteiger partial charge in [-0.05, 0) is 32.3 Å². The third kappa shape index (κ3) is 4.45. The van der Waals surface area contributed by atoms with E-state index in [9.17, 15) is 0 Å². The molecule has 2 aromatic rings. The number of benzene rings is 1. The summed E-state index contributed by atoms with van der Waals surface area (Å²) in [5.74, 6) is 1.83. The summed E-state index contributed by atoms with van der Waals surface area (Å²) in [6, 6.07) is 10.8. The highest BCUT2D eigenvalue weighted by molar-refractivity contribution is 5.56. The van der Waals surface area contributed by atoms with Crippen molar-refractivity contribution >= 4 is 11.6 Å². The van der Waals surface area contributed by atoms with Gasteiger partial charge in [-0.25, -0.2) is 9.97 Å². The van der Waals surface area contributed by atoms with E-state index in [-0.39, 0.29) is 0 Å². The third-order valence-electron chi connectivity index (χ3n) is 3.39. The molecule has 0 saturated heterocycles. The zero-order valence-corrected chi connectivity index (χ0v) is 13.1. The average Bonchev–Trinajstić information content (AvgIpc) is 2.49. The fraction of sp³-hybridized carbons (Fsp3) is 0.412. The van der Waals surface area contributed by atoms with Crippen molar-refractivity contribution in [2.24, 2.45) is 0 Å². The van der Waals surface area contributed by atoms with E-state index < -0.39 is 0 Å². The van der Waals surface area contributed by atoms with Crippen LogP contribution in [0, 0.1) is 6.92 Å². The zero-order chi connectivity index (χ0) is 15.1. The maximum absolute atomic E-state index is 4.37. The lowest BCUT2D eigenvalue weighted by molar-refractivity contribution is 0.781. The third-order valence-corrected chi connectivity index (χ3v) is 3.39. The van der Waals surface area contributed by atoms with E-state index >= 15 is 0 Å². The van der Waals surface area contributed by atoms with Crippen LogP contribution < -0.4 is 10.6 Å². The summed E-state index contributed by atoms with van der Waals surface area (Å²) in [7, 11) is 0. The fourth-order valence-electron chi connectivity index (χ4n) is 2.27. The zero-order valence-electron chi connectivity index (χ0n) is 13.1. The van der Waals surface area contributed by atoms with Crippen molar-refractivity contribution in [1.82, 2.24) is 9.97 Å². The molecule has 1 aromatic carbocycles. The Morgan fingerprint density at radius 3 is 2.52 bits per heavy atom. The van der Waals surface area contributed by atoms with Gasteiger partial charge in [-0.15, -0.1) is 0 Å². The number of nitrogens with zero attached hydrogens (tertiary/aromatic N) is 2. The molecule has 1 heterocycles. The lowest BCUT2D eigenvalue weighted by Gasteiger charge is -2.17. The minimum Gasteiger partial charge on any atom is -0.370 e. The smallest absolute Gasteiger partial charge is 0.134 e. The largest absolute Gasteiger partial charge is 0.370 e. The number of hydrogen-bond acceptors (Lipinski definition) is 4. The molecule has 0 aliphatic heterocycles. The van der Waals surface area contributed by atoms with Gasteiger partial charge in [-0.2, -0.15) is 0 Å². The van der Waals surface area contributed by atoms with Gasteiger partial charge in [0.05, 0.1) is 0 Å². The van der Waals surface area contributed by atoms with Crippen LogP contribution >= 0.6 is 0 Å². The van der Waals surface area contributed by atoms with Crippen molar-refractivity contribution in [3.05, 3.63) is 47.8 Å². The average molecular weight is 284 g/mol. The number of nitrogens with one attached hydrogen (secondary N) is 2. The van der Waals surface area contributed by atoms with Gasteiger partial charge >= 0.3 is 0 Å². The minimum atomic E-state index is 0.319. The van der Waals surface area contributed by atoms with E-state index in [2.05, 4.69) is 65.6 Å². The standard InChI is InChI=1S/C17H24N4/c1-4-10-18-16-14(3)17(20-12-19-16)21-13(2)11-15-8-6-5-7-9-15/h5-9,12-13H,4,10-11H2,1-3H3,(H2,18,19,20,21). The predicted octanol–water partition coefficient (Wildman–Crippen LogP) is 3.65. The van der Waals surface area contributed by atoms with E-state index in [4.69, 9.17) is 0 Å². The van der Waals surface area contributed by atoms with Crippen LogP contribution in [0.15, 0.2) is 36.7 Å². The first-order valence-corrected chi connectivity index (χ1v) is 7.56. The van der Waals surface area contributed by atoms with Gasteiger partial charge in [-0.1, -0.05) is 37.3 Å². The van der Waals surface area contributed by atoms with Crippen LogP contribution in [0.4, 0.5) is 11.6 Å². The summed E-state index contributed by atoms with van der Waals surface area (Å²) in [6.45, 7) is 7.30. The summed E-state index contributed by atoms with van der Waals surface area (Å²) >= 11 is 0. The molecule has 0 bridgehead atoms. The second kappa shape index (κ2) is 7.62. The van der Waals surface area contributed by atoms with Gasteiger partial charge in [0, 0.05) is 18.2 Å². The second-order valence-electron chi connectivity index (χ2n) is 5.36. The monoisotopic (exact) mass is 284 g/mol. The molecule has 0 aliphatic rings. The fourth-order valence-corrected chi connectivity index (χ4v) is 2.27. The molecule has 0 amide bonds. The molecule has 1 unspecified atom stereocenters. The van der Waals surface area contributed by atoms with Gasteiger partial charge in [0.1, 0.15) is 18.0 Å². The molecule has 4 heteroatoms. The molecular formula is C17H24N4. The molecule has 0 spiro atoms. The van der Waals surface area contributed by atoms with Gasteiger partial charge in [0.2, 0.25) is 0 Å².